The SMILES string of the molecule is C=CC(=O)OC(C1CCCCC1)C(C)(O)C(F)F. The molecule has 0 heterocycles. The molecule has 3 nitrogen and oxygen atoms in total. The van der Waals surface area contributed by atoms with Crippen molar-refractivity contribution in [2.45, 2.75) is 57.2 Å². The first-order valence-corrected chi connectivity index (χ1v) is 6.23. The van der Waals surface area contributed by atoms with Crippen molar-refractivity contribution in [1.29, 1.82) is 0 Å². The molecule has 0 spiro atoms. The summed E-state index contributed by atoms with van der Waals surface area (Å²) in [5.74, 6) is -0.988. The molecular formula is C13H20F2O3. The fourth-order valence-electron chi connectivity index (χ4n) is 2.43. The molecule has 1 aliphatic rings. The molecule has 0 aliphatic heterocycles. The third-order valence-electron chi connectivity index (χ3n) is 3.51. The van der Waals surface area contributed by atoms with Crippen LogP contribution in [0.4, 0.5) is 8.78 Å². The van der Waals surface area contributed by atoms with E-state index in [0.717, 1.165) is 32.3 Å². The summed E-state index contributed by atoms with van der Waals surface area (Å²) in [6.45, 7) is 4.26. The van der Waals surface area contributed by atoms with Gasteiger partial charge in [-0.1, -0.05) is 25.8 Å². The number of rotatable bonds is 5. The van der Waals surface area contributed by atoms with Crippen molar-refractivity contribution in [2.24, 2.45) is 5.92 Å². The number of ether oxygens (including phenoxy) is 1. The van der Waals surface area contributed by atoms with Crippen LogP contribution in [0.15, 0.2) is 12.7 Å². The smallest absolute Gasteiger partial charge is 0.330 e. The van der Waals surface area contributed by atoms with E-state index in [1.54, 1.807) is 0 Å². The highest BCUT2D eigenvalue weighted by Crippen LogP contribution is 2.35. The summed E-state index contributed by atoms with van der Waals surface area (Å²) in [5, 5.41) is 9.89. The third-order valence-corrected chi connectivity index (χ3v) is 3.51. The summed E-state index contributed by atoms with van der Waals surface area (Å²) < 4.78 is 30.8. The molecular weight excluding hydrogens is 242 g/mol. The molecule has 0 aromatic heterocycles. The van der Waals surface area contributed by atoms with E-state index in [1.165, 1.54) is 0 Å². The predicted octanol–water partition coefficient (Wildman–Crippen LogP) is 2.68. The molecule has 0 aromatic rings. The largest absolute Gasteiger partial charge is 0.456 e. The first-order chi connectivity index (χ1) is 8.39. The van der Waals surface area contributed by atoms with Gasteiger partial charge in [0.15, 0.2) is 5.60 Å². The van der Waals surface area contributed by atoms with E-state index < -0.39 is 24.1 Å². The Bertz CT molecular complexity index is 297. The lowest BCUT2D eigenvalue weighted by atomic mass is 9.79. The first kappa shape index (κ1) is 15.1. The van der Waals surface area contributed by atoms with Gasteiger partial charge in [0.05, 0.1) is 0 Å². The highest BCUT2D eigenvalue weighted by Gasteiger charge is 2.47. The minimum absolute atomic E-state index is 0.216. The monoisotopic (exact) mass is 262 g/mol. The fourth-order valence-corrected chi connectivity index (χ4v) is 2.43. The lowest BCUT2D eigenvalue weighted by molar-refractivity contribution is -0.194. The molecule has 2 unspecified atom stereocenters. The first-order valence-electron chi connectivity index (χ1n) is 6.23. The predicted molar refractivity (Wildman–Crippen MR) is 63.3 cm³/mol. The highest BCUT2D eigenvalue weighted by molar-refractivity contribution is 5.81. The van der Waals surface area contributed by atoms with Gasteiger partial charge in [0.1, 0.15) is 6.10 Å². The molecule has 5 heteroatoms. The van der Waals surface area contributed by atoms with Crippen molar-refractivity contribution in [3.63, 3.8) is 0 Å². The maximum atomic E-state index is 12.9. The molecule has 0 radical (unpaired) electrons. The topological polar surface area (TPSA) is 46.5 Å². The van der Waals surface area contributed by atoms with E-state index in [4.69, 9.17) is 4.74 Å². The maximum Gasteiger partial charge on any atom is 0.330 e. The average Bonchev–Trinajstić information content (AvgIpc) is 2.36. The Morgan fingerprint density at radius 2 is 2.00 bits per heavy atom. The number of hydrogen-bond acceptors (Lipinski definition) is 3. The van der Waals surface area contributed by atoms with E-state index in [-0.39, 0.29) is 5.92 Å². The number of esters is 1. The normalized spacial score (nSPS) is 22.3. The van der Waals surface area contributed by atoms with Crippen LogP contribution in [0.3, 0.4) is 0 Å². The molecule has 0 amide bonds. The van der Waals surface area contributed by atoms with Crippen molar-refractivity contribution in [3.05, 3.63) is 12.7 Å². The standard InChI is InChI=1S/C13H20F2O3/c1-3-10(16)18-11(13(2,17)12(14)15)9-7-5-4-6-8-9/h3,9,11-12,17H,1,4-8H2,2H3. The number of carbonyl (C=O) groups excluding carboxylic acids is 1. The lowest BCUT2D eigenvalue weighted by Crippen LogP contribution is -2.52. The van der Waals surface area contributed by atoms with Gasteiger partial charge in [0.2, 0.25) is 0 Å². The summed E-state index contributed by atoms with van der Waals surface area (Å²) >= 11 is 0. The second-order valence-corrected chi connectivity index (χ2v) is 4.99. The van der Waals surface area contributed by atoms with Gasteiger partial charge in [-0.2, -0.15) is 0 Å². The van der Waals surface area contributed by atoms with Gasteiger partial charge in [0, 0.05) is 6.08 Å². The number of halogens is 2. The molecule has 1 aliphatic carbocycles. The summed E-state index contributed by atoms with van der Waals surface area (Å²) in [6, 6.07) is 0. The Labute approximate surface area is 106 Å². The van der Waals surface area contributed by atoms with Gasteiger partial charge < -0.3 is 9.84 Å². The van der Waals surface area contributed by atoms with Crippen molar-refractivity contribution in [1.82, 2.24) is 0 Å². The van der Waals surface area contributed by atoms with Gasteiger partial charge in [-0.15, -0.1) is 0 Å². The average molecular weight is 262 g/mol. The molecule has 0 aromatic carbocycles. The highest BCUT2D eigenvalue weighted by atomic mass is 19.3. The van der Waals surface area contributed by atoms with Crippen LogP contribution in [-0.2, 0) is 9.53 Å². The van der Waals surface area contributed by atoms with Gasteiger partial charge in [0.25, 0.3) is 6.43 Å². The van der Waals surface area contributed by atoms with Gasteiger partial charge >= 0.3 is 5.97 Å². The minimum atomic E-state index is -2.96. The Balaban J connectivity index is 2.85. The van der Waals surface area contributed by atoms with Gasteiger partial charge in [-0.25, -0.2) is 13.6 Å². The van der Waals surface area contributed by atoms with Crippen molar-refractivity contribution in [3.8, 4) is 0 Å². The van der Waals surface area contributed by atoms with Crippen LogP contribution in [0, 0.1) is 5.92 Å². The van der Waals surface area contributed by atoms with E-state index in [1.807, 2.05) is 0 Å². The van der Waals surface area contributed by atoms with Crippen LogP contribution in [0.2, 0.25) is 0 Å². The second kappa shape index (κ2) is 6.27. The van der Waals surface area contributed by atoms with Crippen LogP contribution < -0.4 is 0 Å². The summed E-state index contributed by atoms with van der Waals surface area (Å²) in [5.41, 5.74) is -2.32. The number of aliphatic hydroxyl groups is 1. The van der Waals surface area contributed by atoms with Crippen LogP contribution >= 0.6 is 0 Å². The van der Waals surface area contributed by atoms with E-state index in [2.05, 4.69) is 6.58 Å². The van der Waals surface area contributed by atoms with Gasteiger partial charge in [-0.3, -0.25) is 0 Å². The summed E-state index contributed by atoms with van der Waals surface area (Å²) in [7, 11) is 0. The maximum absolute atomic E-state index is 12.9. The zero-order chi connectivity index (χ0) is 13.8. The molecule has 1 fully saturated rings. The molecule has 1 rings (SSSR count). The molecule has 2 atom stereocenters. The Morgan fingerprint density at radius 3 is 2.44 bits per heavy atom. The lowest BCUT2D eigenvalue weighted by Gasteiger charge is -2.38. The quantitative estimate of drug-likeness (QED) is 0.612. The Kier molecular flexibility index (Phi) is 5.26. The molecule has 0 saturated heterocycles. The summed E-state index contributed by atoms with van der Waals surface area (Å²) in [4.78, 5) is 11.2. The van der Waals surface area contributed by atoms with Crippen molar-refractivity contribution < 1.29 is 23.4 Å². The summed E-state index contributed by atoms with van der Waals surface area (Å²) in [6.07, 6.45) is 1.05. The van der Waals surface area contributed by atoms with Crippen LogP contribution in [0.25, 0.3) is 0 Å². The molecule has 1 N–H and O–H groups in total. The zero-order valence-electron chi connectivity index (χ0n) is 10.6. The zero-order valence-corrected chi connectivity index (χ0v) is 10.6. The van der Waals surface area contributed by atoms with E-state index in [9.17, 15) is 18.7 Å². The van der Waals surface area contributed by atoms with Crippen LogP contribution in [0.1, 0.15) is 39.0 Å². The Hall–Kier alpha value is -0.970. The Morgan fingerprint density at radius 1 is 1.44 bits per heavy atom. The van der Waals surface area contributed by atoms with Crippen molar-refractivity contribution in [2.75, 3.05) is 0 Å². The van der Waals surface area contributed by atoms with Crippen molar-refractivity contribution >= 4 is 5.97 Å². The number of alkyl halides is 2. The minimum Gasteiger partial charge on any atom is -0.456 e. The molecule has 1 saturated carbocycles. The van der Waals surface area contributed by atoms with E-state index in [0.29, 0.717) is 12.8 Å². The number of hydrogen-bond donors (Lipinski definition) is 1. The third kappa shape index (κ3) is 3.51. The second-order valence-electron chi connectivity index (χ2n) is 4.99. The molecule has 0 bridgehead atoms. The van der Waals surface area contributed by atoms with E-state index >= 15 is 0 Å². The van der Waals surface area contributed by atoms with Crippen LogP contribution in [0.5, 0.6) is 0 Å². The fraction of sp³-hybridized carbons (Fsp3) is 0.769. The van der Waals surface area contributed by atoms with Crippen LogP contribution in [-0.4, -0.2) is 29.2 Å². The molecule has 104 valence electrons. The van der Waals surface area contributed by atoms with Gasteiger partial charge in [-0.05, 0) is 25.7 Å². The number of carbonyl (C=O) groups is 1. The molecule has 18 heavy (non-hydrogen) atoms.